The lowest BCUT2D eigenvalue weighted by atomic mass is 9.72. The zero-order valence-corrected chi connectivity index (χ0v) is 17.2. The van der Waals surface area contributed by atoms with Gasteiger partial charge in [0.05, 0.1) is 12.1 Å². The number of hydrogen-bond donors (Lipinski definition) is 0. The molecule has 0 aliphatic carbocycles. The van der Waals surface area contributed by atoms with Crippen LogP contribution in [-0.2, 0) is 21.8 Å². The van der Waals surface area contributed by atoms with Crippen molar-refractivity contribution in [1.29, 1.82) is 0 Å². The van der Waals surface area contributed by atoms with E-state index in [1.807, 2.05) is 24.7 Å². The van der Waals surface area contributed by atoms with Crippen LogP contribution in [0.1, 0.15) is 44.3 Å². The predicted octanol–water partition coefficient (Wildman–Crippen LogP) is 1.80. The van der Waals surface area contributed by atoms with Crippen molar-refractivity contribution in [3.63, 3.8) is 0 Å². The zero-order chi connectivity index (χ0) is 19.8. The first-order chi connectivity index (χ1) is 13.4. The van der Waals surface area contributed by atoms with Crippen molar-refractivity contribution in [3.8, 4) is 11.6 Å². The third kappa shape index (κ3) is 3.60. The van der Waals surface area contributed by atoms with Gasteiger partial charge in [-0.2, -0.15) is 4.98 Å². The summed E-state index contributed by atoms with van der Waals surface area (Å²) in [5.74, 6) is 1.02. The Kier molecular flexibility index (Phi) is 5.28. The fourth-order valence-electron chi connectivity index (χ4n) is 4.23. The summed E-state index contributed by atoms with van der Waals surface area (Å²) in [4.78, 5) is 8.85. The molecular weight excluding hydrogens is 382 g/mol. The van der Waals surface area contributed by atoms with Gasteiger partial charge in [-0.1, -0.05) is 18.5 Å². The number of aromatic nitrogens is 4. The zero-order valence-electron chi connectivity index (χ0n) is 16.4. The Morgan fingerprint density at radius 1 is 1.32 bits per heavy atom. The highest BCUT2D eigenvalue weighted by Crippen LogP contribution is 2.49. The molecule has 1 spiro atoms. The molecule has 9 nitrogen and oxygen atoms in total. The molecule has 2 aromatic rings. The van der Waals surface area contributed by atoms with E-state index in [2.05, 4.69) is 15.1 Å². The summed E-state index contributed by atoms with van der Waals surface area (Å²) in [5.41, 5.74) is 0.413. The topological polar surface area (TPSA) is 103 Å². The maximum Gasteiger partial charge on any atom is 0.278 e. The SMILES string of the molecule is CCCCS(=O)(=O)N1CC(c2noc(-c3cn(C)cn3)n2)C2(CCOCC2)C1. The number of sulfonamides is 1. The number of unbranched alkanes of at least 4 members (excludes halogenated alkanes) is 1. The lowest BCUT2D eigenvalue weighted by Gasteiger charge is -2.36. The van der Waals surface area contributed by atoms with Gasteiger partial charge in [0.15, 0.2) is 5.82 Å². The van der Waals surface area contributed by atoms with Crippen LogP contribution in [0.4, 0.5) is 0 Å². The minimum Gasteiger partial charge on any atom is -0.381 e. The van der Waals surface area contributed by atoms with Crippen molar-refractivity contribution in [2.45, 2.75) is 38.5 Å². The van der Waals surface area contributed by atoms with Gasteiger partial charge in [-0.3, -0.25) is 0 Å². The van der Waals surface area contributed by atoms with Crippen LogP contribution >= 0.6 is 0 Å². The molecule has 4 rings (SSSR count). The molecule has 1 atom stereocenters. The first-order valence-electron chi connectivity index (χ1n) is 9.81. The second kappa shape index (κ2) is 7.57. The third-order valence-electron chi connectivity index (χ3n) is 5.93. The monoisotopic (exact) mass is 409 g/mol. The standard InChI is InChI=1S/C18H27N5O4S/c1-3-4-9-28(24,25)23-10-14(18(12-23)5-7-26-8-6-18)16-20-17(27-21-16)15-11-22(2)13-19-15/h11,13-14H,3-10,12H2,1-2H3. The van der Waals surface area contributed by atoms with Crippen molar-refractivity contribution in [2.24, 2.45) is 12.5 Å². The van der Waals surface area contributed by atoms with Gasteiger partial charge in [-0.15, -0.1) is 0 Å². The molecule has 0 amide bonds. The lowest BCUT2D eigenvalue weighted by molar-refractivity contribution is 0.0132. The highest BCUT2D eigenvalue weighted by Gasteiger charge is 2.52. The molecule has 0 bridgehead atoms. The average molecular weight is 410 g/mol. The molecule has 2 aliphatic rings. The molecular formula is C18H27N5O4S. The summed E-state index contributed by atoms with van der Waals surface area (Å²) in [6.45, 7) is 4.16. The van der Waals surface area contributed by atoms with Gasteiger partial charge in [-0.25, -0.2) is 17.7 Å². The number of imidazole rings is 1. The van der Waals surface area contributed by atoms with Crippen molar-refractivity contribution >= 4 is 10.0 Å². The number of hydrogen-bond acceptors (Lipinski definition) is 7. The largest absolute Gasteiger partial charge is 0.381 e. The van der Waals surface area contributed by atoms with Crippen LogP contribution in [0, 0.1) is 5.41 Å². The van der Waals surface area contributed by atoms with E-state index < -0.39 is 10.0 Å². The van der Waals surface area contributed by atoms with Crippen LogP contribution in [0.15, 0.2) is 17.0 Å². The Labute approximate surface area is 165 Å². The van der Waals surface area contributed by atoms with Crippen LogP contribution in [0.3, 0.4) is 0 Å². The van der Waals surface area contributed by atoms with Gasteiger partial charge in [0, 0.05) is 45.5 Å². The Bertz CT molecular complexity index is 916. The predicted molar refractivity (Wildman–Crippen MR) is 102 cm³/mol. The Hall–Kier alpha value is -1.78. The van der Waals surface area contributed by atoms with E-state index in [1.165, 1.54) is 0 Å². The maximum absolute atomic E-state index is 12.8. The van der Waals surface area contributed by atoms with Gasteiger partial charge in [0.1, 0.15) is 5.69 Å². The second-order valence-electron chi connectivity index (χ2n) is 7.87. The molecule has 0 N–H and O–H groups in total. The van der Waals surface area contributed by atoms with Crippen LogP contribution in [0.5, 0.6) is 0 Å². The molecule has 2 saturated heterocycles. The fraction of sp³-hybridized carbons (Fsp3) is 0.722. The number of ether oxygens (including phenoxy) is 1. The van der Waals surface area contributed by atoms with Crippen LogP contribution in [0.2, 0.25) is 0 Å². The van der Waals surface area contributed by atoms with Gasteiger partial charge >= 0.3 is 0 Å². The molecule has 154 valence electrons. The molecule has 0 radical (unpaired) electrons. The van der Waals surface area contributed by atoms with Crippen molar-refractivity contribution in [2.75, 3.05) is 32.1 Å². The van der Waals surface area contributed by atoms with Gasteiger partial charge < -0.3 is 13.8 Å². The Morgan fingerprint density at radius 3 is 2.79 bits per heavy atom. The molecule has 28 heavy (non-hydrogen) atoms. The third-order valence-corrected chi connectivity index (χ3v) is 7.80. The highest BCUT2D eigenvalue weighted by molar-refractivity contribution is 7.89. The first kappa shape index (κ1) is 19.5. The maximum atomic E-state index is 12.8. The summed E-state index contributed by atoms with van der Waals surface area (Å²) in [6, 6.07) is 0. The fourth-order valence-corrected chi connectivity index (χ4v) is 5.98. The quantitative estimate of drug-likeness (QED) is 0.716. The summed E-state index contributed by atoms with van der Waals surface area (Å²) >= 11 is 0. The minimum atomic E-state index is -3.29. The van der Waals surface area contributed by atoms with Crippen molar-refractivity contribution in [3.05, 3.63) is 18.3 Å². The minimum absolute atomic E-state index is 0.103. The molecule has 0 saturated carbocycles. The number of nitrogens with zero attached hydrogens (tertiary/aromatic N) is 5. The van der Waals surface area contributed by atoms with E-state index in [1.54, 1.807) is 10.6 Å². The highest BCUT2D eigenvalue weighted by atomic mass is 32.2. The summed E-state index contributed by atoms with van der Waals surface area (Å²) in [6.07, 6.45) is 6.61. The summed E-state index contributed by atoms with van der Waals surface area (Å²) < 4.78 is 40.2. The van der Waals surface area contributed by atoms with Crippen LogP contribution < -0.4 is 0 Å². The van der Waals surface area contributed by atoms with Crippen molar-refractivity contribution < 1.29 is 17.7 Å². The van der Waals surface area contributed by atoms with E-state index in [0.717, 1.165) is 19.3 Å². The summed E-state index contributed by atoms with van der Waals surface area (Å²) in [7, 11) is -1.41. The molecule has 2 aliphatic heterocycles. The normalized spacial score (nSPS) is 22.9. The van der Waals surface area contributed by atoms with E-state index in [4.69, 9.17) is 9.26 Å². The van der Waals surface area contributed by atoms with Crippen molar-refractivity contribution in [1.82, 2.24) is 24.0 Å². The first-order valence-corrected chi connectivity index (χ1v) is 11.4. The molecule has 0 aromatic carbocycles. The second-order valence-corrected chi connectivity index (χ2v) is 9.96. The van der Waals surface area contributed by atoms with Crippen LogP contribution in [0.25, 0.3) is 11.6 Å². The lowest BCUT2D eigenvalue weighted by Crippen LogP contribution is -2.38. The summed E-state index contributed by atoms with van der Waals surface area (Å²) in [5, 5.41) is 4.21. The number of rotatable bonds is 6. The Morgan fingerprint density at radius 2 is 2.11 bits per heavy atom. The van der Waals surface area contributed by atoms with E-state index in [0.29, 0.717) is 50.1 Å². The van der Waals surface area contributed by atoms with Gasteiger partial charge in [-0.05, 0) is 24.7 Å². The van der Waals surface area contributed by atoms with E-state index in [9.17, 15) is 8.42 Å². The van der Waals surface area contributed by atoms with Gasteiger partial charge in [0.2, 0.25) is 10.0 Å². The molecule has 10 heteroatoms. The van der Waals surface area contributed by atoms with Crippen LogP contribution in [-0.4, -0.2) is 64.5 Å². The molecule has 2 aromatic heterocycles. The van der Waals surface area contributed by atoms with E-state index in [-0.39, 0.29) is 17.1 Å². The molecule has 1 unspecified atom stereocenters. The van der Waals surface area contributed by atoms with Gasteiger partial charge in [0.25, 0.3) is 5.89 Å². The molecule has 4 heterocycles. The average Bonchev–Trinajstić information content (AvgIpc) is 3.39. The van der Waals surface area contributed by atoms with E-state index >= 15 is 0 Å². The number of aryl methyl sites for hydroxylation is 1. The Balaban J connectivity index is 1.63. The smallest absolute Gasteiger partial charge is 0.278 e. The molecule has 2 fully saturated rings.